The lowest BCUT2D eigenvalue weighted by atomic mass is 10.2. The first kappa shape index (κ1) is 16.6. The fourth-order valence-electron chi connectivity index (χ4n) is 2.12. The summed E-state index contributed by atoms with van der Waals surface area (Å²) in [6.07, 6.45) is 0. The molecule has 0 aliphatic carbocycles. The summed E-state index contributed by atoms with van der Waals surface area (Å²) in [6.45, 7) is 1.38. The van der Waals surface area contributed by atoms with E-state index >= 15 is 0 Å². The summed E-state index contributed by atoms with van der Waals surface area (Å²) in [4.78, 5) is 11.9. The lowest BCUT2D eigenvalue weighted by Gasteiger charge is -2.10. The highest BCUT2D eigenvalue weighted by Crippen LogP contribution is 2.28. The number of hydrogen-bond donors (Lipinski definition) is 4. The van der Waals surface area contributed by atoms with Gasteiger partial charge < -0.3 is 25.6 Å². The number of hydrogen-bond acceptors (Lipinski definition) is 5. The highest BCUT2D eigenvalue weighted by molar-refractivity contribution is 5.96. The van der Waals surface area contributed by atoms with Crippen molar-refractivity contribution in [2.24, 2.45) is 0 Å². The molecular formula is C17H20N2O4. The lowest BCUT2D eigenvalue weighted by Crippen LogP contribution is -2.31. The standard InChI is InChI=1S/C17H20N2O4/c1-23-15-8-4-5-12(16(15)21)11-18-9-10-19-17(22)13-6-2-3-7-14(13)20/h2-8,18,20-21H,9-11H2,1H3,(H,19,22). The van der Waals surface area contributed by atoms with Crippen molar-refractivity contribution < 1.29 is 19.7 Å². The Morgan fingerprint density at radius 1 is 1.09 bits per heavy atom. The van der Waals surface area contributed by atoms with Gasteiger partial charge in [0.2, 0.25) is 0 Å². The van der Waals surface area contributed by atoms with Crippen molar-refractivity contribution in [2.45, 2.75) is 6.54 Å². The summed E-state index contributed by atoms with van der Waals surface area (Å²) in [5.74, 6) is 0.172. The average Bonchev–Trinajstić information content (AvgIpc) is 2.56. The van der Waals surface area contributed by atoms with Crippen LogP contribution in [0.15, 0.2) is 42.5 Å². The van der Waals surface area contributed by atoms with Crippen molar-refractivity contribution in [3.8, 4) is 17.2 Å². The summed E-state index contributed by atoms with van der Waals surface area (Å²) >= 11 is 0. The lowest BCUT2D eigenvalue weighted by molar-refractivity contribution is 0.0951. The van der Waals surface area contributed by atoms with Gasteiger partial charge in [-0.3, -0.25) is 4.79 Å². The van der Waals surface area contributed by atoms with Gasteiger partial charge in [-0.1, -0.05) is 24.3 Å². The van der Waals surface area contributed by atoms with Crippen LogP contribution >= 0.6 is 0 Å². The molecule has 6 nitrogen and oxygen atoms in total. The van der Waals surface area contributed by atoms with Gasteiger partial charge in [-0.15, -0.1) is 0 Å². The molecule has 0 aliphatic rings. The first-order valence-electron chi connectivity index (χ1n) is 7.25. The first-order chi connectivity index (χ1) is 11.1. The molecule has 0 heterocycles. The van der Waals surface area contributed by atoms with Crippen LogP contribution in [-0.2, 0) is 6.54 Å². The minimum Gasteiger partial charge on any atom is -0.507 e. The molecule has 0 atom stereocenters. The number of para-hydroxylation sites is 2. The molecule has 0 bridgehead atoms. The number of carbonyl (C=O) groups is 1. The van der Waals surface area contributed by atoms with E-state index in [2.05, 4.69) is 10.6 Å². The van der Waals surface area contributed by atoms with Crippen LogP contribution in [0, 0.1) is 0 Å². The fourth-order valence-corrected chi connectivity index (χ4v) is 2.12. The maximum atomic E-state index is 11.9. The Morgan fingerprint density at radius 3 is 2.61 bits per heavy atom. The van der Waals surface area contributed by atoms with Gasteiger partial charge >= 0.3 is 0 Å². The van der Waals surface area contributed by atoms with Gasteiger partial charge in [-0.05, 0) is 18.2 Å². The molecule has 0 aromatic heterocycles. The Hall–Kier alpha value is -2.73. The number of rotatable bonds is 7. The predicted octanol–water partition coefficient (Wildman–Crippen LogP) is 1.63. The number of phenols is 2. The molecule has 0 radical (unpaired) electrons. The van der Waals surface area contributed by atoms with E-state index in [0.29, 0.717) is 25.4 Å². The summed E-state index contributed by atoms with van der Waals surface area (Å²) in [5.41, 5.74) is 0.967. The molecule has 0 saturated carbocycles. The second-order valence-corrected chi connectivity index (χ2v) is 4.92. The smallest absolute Gasteiger partial charge is 0.255 e. The number of ether oxygens (including phenoxy) is 1. The summed E-state index contributed by atoms with van der Waals surface area (Å²) in [5, 5.41) is 25.4. The number of benzene rings is 2. The molecule has 4 N–H and O–H groups in total. The monoisotopic (exact) mass is 316 g/mol. The zero-order chi connectivity index (χ0) is 16.7. The topological polar surface area (TPSA) is 90.8 Å². The average molecular weight is 316 g/mol. The number of amides is 1. The third kappa shape index (κ3) is 4.37. The maximum absolute atomic E-state index is 11.9. The van der Waals surface area contributed by atoms with E-state index in [1.54, 1.807) is 36.4 Å². The van der Waals surface area contributed by atoms with Gasteiger partial charge in [0.25, 0.3) is 5.91 Å². The molecule has 0 unspecified atom stereocenters. The molecule has 2 aromatic carbocycles. The quantitative estimate of drug-likeness (QED) is 0.583. The van der Waals surface area contributed by atoms with Crippen LogP contribution in [0.2, 0.25) is 0 Å². The number of phenolic OH excluding ortho intramolecular Hbond substituents is 2. The summed E-state index contributed by atoms with van der Waals surface area (Å²) in [6, 6.07) is 11.7. The second-order valence-electron chi connectivity index (χ2n) is 4.92. The number of methoxy groups -OCH3 is 1. The Bertz CT molecular complexity index is 673. The highest BCUT2D eigenvalue weighted by atomic mass is 16.5. The normalized spacial score (nSPS) is 10.3. The van der Waals surface area contributed by atoms with Crippen molar-refractivity contribution in [3.05, 3.63) is 53.6 Å². The Balaban J connectivity index is 1.76. The molecule has 0 fully saturated rings. The van der Waals surface area contributed by atoms with E-state index in [9.17, 15) is 15.0 Å². The molecule has 0 spiro atoms. The van der Waals surface area contributed by atoms with E-state index in [4.69, 9.17) is 4.74 Å². The zero-order valence-corrected chi connectivity index (χ0v) is 12.9. The second kappa shape index (κ2) is 8.05. The van der Waals surface area contributed by atoms with Gasteiger partial charge in [-0.25, -0.2) is 0 Å². The van der Waals surface area contributed by atoms with E-state index < -0.39 is 0 Å². The van der Waals surface area contributed by atoms with Crippen LogP contribution in [0.25, 0.3) is 0 Å². The predicted molar refractivity (Wildman–Crippen MR) is 86.8 cm³/mol. The van der Waals surface area contributed by atoms with Crippen molar-refractivity contribution in [1.29, 1.82) is 0 Å². The van der Waals surface area contributed by atoms with Crippen molar-refractivity contribution >= 4 is 5.91 Å². The molecule has 0 aliphatic heterocycles. The SMILES string of the molecule is COc1cccc(CNCCNC(=O)c2ccccc2O)c1O. The van der Waals surface area contributed by atoms with E-state index in [-0.39, 0.29) is 23.0 Å². The third-order valence-corrected chi connectivity index (χ3v) is 3.35. The molecule has 122 valence electrons. The van der Waals surface area contributed by atoms with Gasteiger partial charge in [0.15, 0.2) is 11.5 Å². The van der Waals surface area contributed by atoms with Crippen LogP contribution in [0.3, 0.4) is 0 Å². The van der Waals surface area contributed by atoms with Crippen LogP contribution in [0.1, 0.15) is 15.9 Å². The van der Waals surface area contributed by atoms with E-state index in [1.807, 2.05) is 0 Å². The minimum absolute atomic E-state index is 0.0423. The maximum Gasteiger partial charge on any atom is 0.255 e. The zero-order valence-electron chi connectivity index (χ0n) is 12.9. The van der Waals surface area contributed by atoms with Crippen LogP contribution in [0.4, 0.5) is 0 Å². The van der Waals surface area contributed by atoms with E-state index in [0.717, 1.165) is 5.56 Å². The molecule has 1 amide bonds. The summed E-state index contributed by atoms with van der Waals surface area (Å²) in [7, 11) is 1.50. The Labute approximate surface area is 134 Å². The minimum atomic E-state index is -0.325. The Morgan fingerprint density at radius 2 is 1.87 bits per heavy atom. The molecule has 0 saturated heterocycles. The van der Waals surface area contributed by atoms with Gasteiger partial charge in [0.1, 0.15) is 5.75 Å². The summed E-state index contributed by atoms with van der Waals surface area (Å²) < 4.78 is 5.05. The van der Waals surface area contributed by atoms with Gasteiger partial charge in [0, 0.05) is 25.2 Å². The number of aromatic hydroxyl groups is 2. The molecule has 2 rings (SSSR count). The van der Waals surface area contributed by atoms with Crippen molar-refractivity contribution in [2.75, 3.05) is 20.2 Å². The number of nitrogens with one attached hydrogen (secondary N) is 2. The first-order valence-corrected chi connectivity index (χ1v) is 7.25. The molecule has 6 heteroatoms. The largest absolute Gasteiger partial charge is 0.507 e. The van der Waals surface area contributed by atoms with Crippen molar-refractivity contribution in [1.82, 2.24) is 10.6 Å². The van der Waals surface area contributed by atoms with Crippen LogP contribution < -0.4 is 15.4 Å². The third-order valence-electron chi connectivity index (χ3n) is 3.35. The molecule has 23 heavy (non-hydrogen) atoms. The molecule has 2 aromatic rings. The van der Waals surface area contributed by atoms with Crippen LogP contribution in [-0.4, -0.2) is 36.3 Å². The van der Waals surface area contributed by atoms with E-state index in [1.165, 1.54) is 13.2 Å². The Kier molecular flexibility index (Phi) is 5.82. The molecular weight excluding hydrogens is 296 g/mol. The highest BCUT2D eigenvalue weighted by Gasteiger charge is 2.09. The fraction of sp³-hybridized carbons (Fsp3) is 0.235. The van der Waals surface area contributed by atoms with Crippen LogP contribution in [0.5, 0.6) is 17.2 Å². The van der Waals surface area contributed by atoms with Crippen molar-refractivity contribution in [3.63, 3.8) is 0 Å². The number of carbonyl (C=O) groups excluding carboxylic acids is 1. The van der Waals surface area contributed by atoms with Gasteiger partial charge in [-0.2, -0.15) is 0 Å². The van der Waals surface area contributed by atoms with Gasteiger partial charge in [0.05, 0.1) is 12.7 Å².